The Morgan fingerprint density at radius 1 is 0.471 bits per heavy atom. The molecule has 0 radical (unpaired) electrons. The normalized spacial score (nSPS) is 11.1. The Labute approximate surface area is 198 Å². The molecule has 162 valence electrons. The lowest BCUT2D eigenvalue weighted by molar-refractivity contribution is 0.640. The highest BCUT2D eigenvalue weighted by Crippen LogP contribution is 2.43. The fourth-order valence-electron chi connectivity index (χ4n) is 4.71. The summed E-state index contributed by atoms with van der Waals surface area (Å²) < 4.78 is 14.8. The molecular formula is C32H22FN. The molecule has 0 unspecified atom stereocenters. The number of para-hydroxylation sites is 2. The lowest BCUT2D eigenvalue weighted by atomic mass is 9.99. The molecule has 0 saturated carbocycles. The maximum Gasteiger partial charge on any atom is 0.131 e. The van der Waals surface area contributed by atoms with E-state index in [2.05, 4.69) is 89.8 Å². The van der Waals surface area contributed by atoms with Crippen molar-refractivity contribution in [3.8, 4) is 11.1 Å². The molecule has 2 heteroatoms. The van der Waals surface area contributed by atoms with Crippen molar-refractivity contribution >= 4 is 38.6 Å². The number of fused-ring (bicyclic) bond motifs is 2. The van der Waals surface area contributed by atoms with Crippen molar-refractivity contribution in [1.82, 2.24) is 0 Å². The van der Waals surface area contributed by atoms with E-state index in [1.165, 1.54) is 6.07 Å². The van der Waals surface area contributed by atoms with Gasteiger partial charge in [0, 0.05) is 22.0 Å². The summed E-state index contributed by atoms with van der Waals surface area (Å²) in [6.45, 7) is 0. The second-order valence-electron chi connectivity index (χ2n) is 8.37. The minimum Gasteiger partial charge on any atom is -0.309 e. The Bertz CT molecular complexity index is 1610. The Morgan fingerprint density at radius 3 is 1.88 bits per heavy atom. The smallest absolute Gasteiger partial charge is 0.131 e. The van der Waals surface area contributed by atoms with E-state index < -0.39 is 0 Å². The molecule has 0 fully saturated rings. The quantitative estimate of drug-likeness (QED) is 0.247. The van der Waals surface area contributed by atoms with Crippen LogP contribution in [0.3, 0.4) is 0 Å². The van der Waals surface area contributed by atoms with Crippen LogP contribution >= 0.6 is 0 Å². The SMILES string of the molecule is Fc1cccc2cc3cccc(N(c4ccccc4)c4ccccc4-c4ccccc4)c3cc12. The first-order chi connectivity index (χ1) is 16.8. The minimum absolute atomic E-state index is 0.204. The molecule has 0 spiro atoms. The number of benzene rings is 6. The highest BCUT2D eigenvalue weighted by Gasteiger charge is 2.19. The number of nitrogens with zero attached hydrogens (tertiary/aromatic N) is 1. The summed E-state index contributed by atoms with van der Waals surface area (Å²) in [5.74, 6) is -0.204. The topological polar surface area (TPSA) is 3.24 Å². The zero-order valence-electron chi connectivity index (χ0n) is 18.5. The third-order valence-electron chi connectivity index (χ3n) is 6.29. The fraction of sp³-hybridized carbons (Fsp3) is 0. The molecule has 0 atom stereocenters. The number of halogens is 1. The highest BCUT2D eigenvalue weighted by atomic mass is 19.1. The summed E-state index contributed by atoms with van der Waals surface area (Å²) in [5, 5.41) is 3.62. The maximum absolute atomic E-state index is 14.8. The first-order valence-corrected chi connectivity index (χ1v) is 11.4. The zero-order chi connectivity index (χ0) is 22.9. The molecule has 6 rings (SSSR count). The van der Waals surface area contributed by atoms with Crippen LogP contribution in [-0.4, -0.2) is 0 Å². The van der Waals surface area contributed by atoms with Gasteiger partial charge in [-0.1, -0.05) is 91.0 Å². The van der Waals surface area contributed by atoms with Crippen LogP contribution < -0.4 is 4.90 Å². The Hall–Kier alpha value is -4.43. The molecular weight excluding hydrogens is 417 g/mol. The van der Waals surface area contributed by atoms with E-state index >= 15 is 0 Å². The van der Waals surface area contributed by atoms with Gasteiger partial charge >= 0.3 is 0 Å². The lowest BCUT2D eigenvalue weighted by Crippen LogP contribution is -2.11. The Morgan fingerprint density at radius 2 is 1.09 bits per heavy atom. The van der Waals surface area contributed by atoms with Crippen LogP contribution in [0.25, 0.3) is 32.7 Å². The van der Waals surface area contributed by atoms with Crippen molar-refractivity contribution in [2.24, 2.45) is 0 Å². The molecule has 0 aliphatic rings. The molecule has 0 bridgehead atoms. The lowest BCUT2D eigenvalue weighted by Gasteiger charge is -2.29. The van der Waals surface area contributed by atoms with Gasteiger partial charge in [0.25, 0.3) is 0 Å². The Kier molecular flexibility index (Phi) is 5.04. The maximum atomic E-state index is 14.8. The van der Waals surface area contributed by atoms with Gasteiger partial charge in [-0.25, -0.2) is 4.39 Å². The molecule has 1 nitrogen and oxygen atoms in total. The summed E-state index contributed by atoms with van der Waals surface area (Å²) in [4.78, 5) is 2.28. The van der Waals surface area contributed by atoms with Gasteiger partial charge in [0.1, 0.15) is 5.82 Å². The molecule has 0 amide bonds. The van der Waals surface area contributed by atoms with Gasteiger partial charge < -0.3 is 4.90 Å². The summed E-state index contributed by atoms with van der Waals surface area (Å²) in [5.41, 5.74) is 5.41. The standard InChI is InChI=1S/C32H22FN/c33-30-18-9-13-24-21-25-14-10-20-32(29(25)22-28(24)30)34(26-15-5-2-6-16-26)31-19-8-7-17-27(31)23-11-3-1-4-12-23/h1-22H. The van der Waals surface area contributed by atoms with Gasteiger partial charge in [-0.3, -0.25) is 0 Å². The molecule has 0 aliphatic heterocycles. The van der Waals surface area contributed by atoms with Gasteiger partial charge in [0.05, 0.1) is 11.4 Å². The van der Waals surface area contributed by atoms with Crippen molar-refractivity contribution in [3.05, 3.63) is 139 Å². The number of anilines is 3. The van der Waals surface area contributed by atoms with E-state index in [9.17, 15) is 4.39 Å². The molecule has 0 heterocycles. The predicted octanol–water partition coefficient (Wildman–Crippen LogP) is 9.27. The first kappa shape index (κ1) is 20.2. The van der Waals surface area contributed by atoms with E-state index in [1.54, 1.807) is 6.07 Å². The van der Waals surface area contributed by atoms with Crippen molar-refractivity contribution in [2.75, 3.05) is 4.90 Å². The largest absolute Gasteiger partial charge is 0.309 e. The van der Waals surface area contributed by atoms with E-state index in [0.29, 0.717) is 5.39 Å². The zero-order valence-corrected chi connectivity index (χ0v) is 18.5. The predicted molar refractivity (Wildman–Crippen MR) is 142 cm³/mol. The summed E-state index contributed by atoms with van der Waals surface area (Å²) in [7, 11) is 0. The third kappa shape index (κ3) is 3.50. The third-order valence-corrected chi connectivity index (χ3v) is 6.29. The number of hydrogen-bond acceptors (Lipinski definition) is 1. The van der Waals surface area contributed by atoms with E-state index in [-0.39, 0.29) is 5.82 Å². The monoisotopic (exact) mass is 439 g/mol. The van der Waals surface area contributed by atoms with Gasteiger partial charge in [0.2, 0.25) is 0 Å². The highest BCUT2D eigenvalue weighted by molar-refractivity contribution is 6.07. The molecule has 0 aliphatic carbocycles. The number of rotatable bonds is 4. The summed E-state index contributed by atoms with van der Waals surface area (Å²) in [6, 6.07) is 44.8. The van der Waals surface area contributed by atoms with Crippen LogP contribution in [-0.2, 0) is 0 Å². The number of hydrogen-bond donors (Lipinski definition) is 0. The van der Waals surface area contributed by atoms with E-state index in [0.717, 1.165) is 44.3 Å². The van der Waals surface area contributed by atoms with Crippen LogP contribution in [0.5, 0.6) is 0 Å². The van der Waals surface area contributed by atoms with E-state index in [4.69, 9.17) is 0 Å². The minimum atomic E-state index is -0.204. The second kappa shape index (κ2) is 8.49. The Balaban J connectivity index is 1.67. The summed E-state index contributed by atoms with van der Waals surface area (Å²) >= 11 is 0. The molecule has 0 aromatic heterocycles. The van der Waals surface area contributed by atoms with Gasteiger partial charge in [-0.05, 0) is 58.8 Å². The van der Waals surface area contributed by atoms with Crippen molar-refractivity contribution in [3.63, 3.8) is 0 Å². The van der Waals surface area contributed by atoms with Crippen molar-refractivity contribution in [1.29, 1.82) is 0 Å². The van der Waals surface area contributed by atoms with Crippen molar-refractivity contribution in [2.45, 2.75) is 0 Å². The molecule has 6 aromatic carbocycles. The average molecular weight is 440 g/mol. The van der Waals surface area contributed by atoms with Crippen LogP contribution in [0.15, 0.2) is 133 Å². The average Bonchev–Trinajstić information content (AvgIpc) is 2.90. The van der Waals surface area contributed by atoms with Crippen LogP contribution in [0.4, 0.5) is 21.5 Å². The molecule has 0 N–H and O–H groups in total. The second-order valence-corrected chi connectivity index (χ2v) is 8.37. The van der Waals surface area contributed by atoms with Crippen LogP contribution in [0.2, 0.25) is 0 Å². The van der Waals surface area contributed by atoms with Crippen LogP contribution in [0, 0.1) is 5.82 Å². The molecule has 34 heavy (non-hydrogen) atoms. The van der Waals surface area contributed by atoms with E-state index in [1.807, 2.05) is 36.4 Å². The van der Waals surface area contributed by atoms with Gasteiger partial charge in [0.15, 0.2) is 0 Å². The fourth-order valence-corrected chi connectivity index (χ4v) is 4.71. The van der Waals surface area contributed by atoms with Gasteiger partial charge in [-0.15, -0.1) is 0 Å². The molecule has 6 aromatic rings. The molecule has 0 saturated heterocycles. The summed E-state index contributed by atoms with van der Waals surface area (Å²) in [6.07, 6.45) is 0. The van der Waals surface area contributed by atoms with Crippen molar-refractivity contribution < 1.29 is 4.39 Å². The van der Waals surface area contributed by atoms with Gasteiger partial charge in [-0.2, -0.15) is 0 Å². The van der Waals surface area contributed by atoms with Crippen LogP contribution in [0.1, 0.15) is 0 Å². The first-order valence-electron chi connectivity index (χ1n) is 11.4.